The minimum atomic E-state index is 0.665. The van der Waals surface area contributed by atoms with E-state index in [9.17, 15) is 0 Å². The minimum absolute atomic E-state index is 0.665. The van der Waals surface area contributed by atoms with Crippen molar-refractivity contribution in [3.63, 3.8) is 0 Å². The van der Waals surface area contributed by atoms with Crippen molar-refractivity contribution in [3.05, 3.63) is 71.4 Å². The van der Waals surface area contributed by atoms with Gasteiger partial charge < -0.3 is 16.9 Å². The molecule has 2 aromatic rings. The number of nitrogen functional groups attached to an aromatic ring is 1. The van der Waals surface area contributed by atoms with Crippen LogP contribution in [0.4, 0.5) is 5.69 Å². The van der Waals surface area contributed by atoms with E-state index in [1.165, 1.54) is 18.0 Å². The monoisotopic (exact) mass is 251 g/mol. The summed E-state index contributed by atoms with van der Waals surface area (Å²) < 4.78 is 0. The van der Waals surface area contributed by atoms with Gasteiger partial charge in [-0.1, -0.05) is 42.5 Å². The molecule has 5 N–H and O–H groups in total. The Hall–Kier alpha value is -2.55. The lowest BCUT2D eigenvalue weighted by molar-refractivity contribution is 1.20. The summed E-state index contributed by atoms with van der Waals surface area (Å²) in [6.07, 6.45) is 3.45. The van der Waals surface area contributed by atoms with E-state index in [4.69, 9.17) is 16.9 Å². The second-order valence-corrected chi connectivity index (χ2v) is 4.34. The fraction of sp³-hybridized carbons (Fsp3) is 0.0625. The Balaban J connectivity index is 2.27. The fourth-order valence-corrected chi connectivity index (χ4v) is 1.98. The van der Waals surface area contributed by atoms with Crippen LogP contribution in [0.2, 0.25) is 0 Å². The van der Waals surface area contributed by atoms with Crippen LogP contribution >= 0.6 is 0 Å². The molecule has 3 heteroatoms. The highest BCUT2D eigenvalue weighted by molar-refractivity contribution is 6.08. The average molecular weight is 251 g/mol. The first kappa shape index (κ1) is 12.9. The van der Waals surface area contributed by atoms with Gasteiger partial charge >= 0.3 is 0 Å². The van der Waals surface area contributed by atoms with Gasteiger partial charge in [-0.15, -0.1) is 0 Å². The molecular formula is C16H17N3. The van der Waals surface area contributed by atoms with Crippen LogP contribution in [0.5, 0.6) is 0 Å². The normalized spacial score (nSPS) is 11.3. The lowest BCUT2D eigenvalue weighted by Gasteiger charge is -2.09. The summed E-state index contributed by atoms with van der Waals surface area (Å²) in [5.41, 5.74) is 16.1. The Bertz CT molecular complexity index is 601. The molecule has 0 fully saturated rings. The first-order valence-corrected chi connectivity index (χ1v) is 6.09. The number of nitrogens with one attached hydrogen (secondary N) is 1. The molecule has 0 heterocycles. The zero-order valence-electron chi connectivity index (χ0n) is 10.6. The second kappa shape index (κ2) is 5.87. The summed E-state index contributed by atoms with van der Waals surface area (Å²) in [4.78, 5) is 0. The van der Waals surface area contributed by atoms with Gasteiger partial charge in [0.05, 0.1) is 0 Å². The maximum Gasteiger partial charge on any atom is 0.0356 e. The van der Waals surface area contributed by atoms with Gasteiger partial charge in [-0.25, -0.2) is 0 Å². The van der Waals surface area contributed by atoms with Crippen LogP contribution in [0.1, 0.15) is 16.7 Å². The van der Waals surface area contributed by atoms with Gasteiger partial charge in [0, 0.05) is 23.7 Å². The highest BCUT2D eigenvalue weighted by atomic mass is 14.6. The molecule has 0 radical (unpaired) electrons. The fourth-order valence-electron chi connectivity index (χ4n) is 1.98. The molecular weight excluding hydrogens is 234 g/mol. The van der Waals surface area contributed by atoms with Crippen LogP contribution < -0.4 is 11.5 Å². The SMILES string of the molecule is N=CC(=CN)c1ccc(Cc2ccccc2)c(N)c1. The third-order valence-corrected chi connectivity index (χ3v) is 3.05. The van der Waals surface area contributed by atoms with E-state index in [0.29, 0.717) is 5.57 Å². The molecule has 2 aromatic carbocycles. The Morgan fingerprint density at radius 3 is 2.42 bits per heavy atom. The summed E-state index contributed by atoms with van der Waals surface area (Å²) in [6, 6.07) is 16.0. The Labute approximate surface area is 113 Å². The molecule has 3 nitrogen and oxygen atoms in total. The largest absolute Gasteiger partial charge is 0.404 e. The van der Waals surface area contributed by atoms with Crippen LogP contribution in [0, 0.1) is 5.41 Å². The van der Waals surface area contributed by atoms with E-state index >= 15 is 0 Å². The van der Waals surface area contributed by atoms with Gasteiger partial charge in [-0.05, 0) is 29.2 Å². The molecule has 2 rings (SSSR count). The van der Waals surface area contributed by atoms with Crippen molar-refractivity contribution in [3.8, 4) is 0 Å². The van der Waals surface area contributed by atoms with Crippen LogP contribution in [-0.4, -0.2) is 6.21 Å². The molecule has 0 aromatic heterocycles. The maximum atomic E-state index is 7.29. The Kier molecular flexibility index (Phi) is 3.98. The number of benzene rings is 2. The minimum Gasteiger partial charge on any atom is -0.404 e. The molecule has 0 aliphatic heterocycles. The molecule has 0 saturated heterocycles. The Morgan fingerprint density at radius 1 is 1.11 bits per heavy atom. The van der Waals surface area contributed by atoms with E-state index < -0.39 is 0 Å². The second-order valence-electron chi connectivity index (χ2n) is 4.34. The van der Waals surface area contributed by atoms with E-state index in [1.807, 2.05) is 36.4 Å². The number of allylic oxidation sites excluding steroid dienone is 1. The van der Waals surface area contributed by atoms with Crippen LogP contribution in [-0.2, 0) is 6.42 Å². The third-order valence-electron chi connectivity index (χ3n) is 3.05. The molecule has 0 unspecified atom stereocenters. The molecule has 0 saturated carbocycles. The maximum absolute atomic E-state index is 7.29. The quantitative estimate of drug-likeness (QED) is 0.577. The highest BCUT2D eigenvalue weighted by Gasteiger charge is 2.04. The molecule has 96 valence electrons. The van der Waals surface area contributed by atoms with Crippen molar-refractivity contribution in [1.82, 2.24) is 0 Å². The standard InChI is InChI=1S/C16H17N3/c17-10-15(11-18)13-6-7-14(16(19)9-13)8-12-4-2-1-3-5-12/h1-7,9-11,17H,8,18-19H2. The molecule has 0 aliphatic carbocycles. The van der Waals surface area contributed by atoms with Crippen LogP contribution in [0.3, 0.4) is 0 Å². The van der Waals surface area contributed by atoms with E-state index in [0.717, 1.165) is 23.2 Å². The Morgan fingerprint density at radius 2 is 1.84 bits per heavy atom. The number of nitrogens with two attached hydrogens (primary N) is 2. The van der Waals surface area contributed by atoms with Crippen molar-refractivity contribution in [2.24, 2.45) is 5.73 Å². The summed E-state index contributed by atoms with van der Waals surface area (Å²) in [5.74, 6) is 0. The zero-order valence-corrected chi connectivity index (χ0v) is 10.6. The molecule has 19 heavy (non-hydrogen) atoms. The van der Waals surface area contributed by atoms with E-state index in [-0.39, 0.29) is 0 Å². The first-order chi connectivity index (χ1) is 9.24. The van der Waals surface area contributed by atoms with Crippen molar-refractivity contribution in [2.45, 2.75) is 6.42 Å². The lowest BCUT2D eigenvalue weighted by Crippen LogP contribution is -1.98. The summed E-state index contributed by atoms with van der Waals surface area (Å²) >= 11 is 0. The molecule has 0 amide bonds. The van der Waals surface area contributed by atoms with Crippen LogP contribution in [0.15, 0.2) is 54.7 Å². The van der Waals surface area contributed by atoms with Gasteiger partial charge in [0.1, 0.15) is 0 Å². The van der Waals surface area contributed by atoms with Gasteiger partial charge in [0.25, 0.3) is 0 Å². The summed E-state index contributed by atoms with van der Waals surface area (Å²) in [7, 11) is 0. The molecule has 0 atom stereocenters. The molecule has 0 bridgehead atoms. The average Bonchev–Trinajstić information content (AvgIpc) is 2.44. The smallest absolute Gasteiger partial charge is 0.0356 e. The molecule has 0 aliphatic rings. The number of rotatable bonds is 4. The zero-order chi connectivity index (χ0) is 13.7. The molecule has 0 spiro atoms. The van der Waals surface area contributed by atoms with Crippen molar-refractivity contribution < 1.29 is 0 Å². The van der Waals surface area contributed by atoms with Gasteiger partial charge in [0.15, 0.2) is 0 Å². The van der Waals surface area contributed by atoms with Crippen molar-refractivity contribution in [2.75, 3.05) is 5.73 Å². The summed E-state index contributed by atoms with van der Waals surface area (Å²) in [5, 5.41) is 7.29. The highest BCUT2D eigenvalue weighted by Crippen LogP contribution is 2.21. The lowest BCUT2D eigenvalue weighted by atomic mass is 9.99. The summed E-state index contributed by atoms with van der Waals surface area (Å²) in [6.45, 7) is 0. The van der Waals surface area contributed by atoms with Gasteiger partial charge in [-0.3, -0.25) is 0 Å². The van der Waals surface area contributed by atoms with E-state index in [2.05, 4.69) is 12.1 Å². The van der Waals surface area contributed by atoms with E-state index in [1.54, 1.807) is 0 Å². The van der Waals surface area contributed by atoms with Crippen LogP contribution in [0.25, 0.3) is 5.57 Å². The van der Waals surface area contributed by atoms with Gasteiger partial charge in [-0.2, -0.15) is 0 Å². The predicted molar refractivity (Wildman–Crippen MR) is 81.1 cm³/mol. The number of hydrogen-bond donors (Lipinski definition) is 3. The van der Waals surface area contributed by atoms with Crippen molar-refractivity contribution in [1.29, 1.82) is 5.41 Å². The first-order valence-electron chi connectivity index (χ1n) is 6.09. The van der Waals surface area contributed by atoms with Gasteiger partial charge in [0.2, 0.25) is 0 Å². The van der Waals surface area contributed by atoms with Crippen molar-refractivity contribution >= 4 is 17.5 Å². The number of anilines is 1. The third kappa shape index (κ3) is 3.01. The number of hydrogen-bond acceptors (Lipinski definition) is 3. The topological polar surface area (TPSA) is 75.9 Å². The predicted octanol–water partition coefficient (Wildman–Crippen LogP) is 2.81.